The highest BCUT2D eigenvalue weighted by Crippen LogP contribution is 2.27. The minimum atomic E-state index is -0.768. The van der Waals surface area contributed by atoms with Crippen molar-refractivity contribution >= 4 is 28.5 Å². The van der Waals surface area contributed by atoms with Gasteiger partial charge in [0.05, 0.1) is 17.8 Å². The van der Waals surface area contributed by atoms with Crippen molar-refractivity contribution in [3.05, 3.63) is 95.9 Å². The number of rotatable bonds is 6. The van der Waals surface area contributed by atoms with Crippen LogP contribution in [-0.2, 0) is 11.3 Å². The third kappa shape index (κ3) is 3.74. The van der Waals surface area contributed by atoms with Crippen LogP contribution in [0.4, 0.5) is 5.95 Å². The second-order valence-corrected chi connectivity index (χ2v) is 8.46. The minimum absolute atomic E-state index is 0.122. The molecule has 1 unspecified atom stereocenters. The molecule has 6 aromatic rings. The summed E-state index contributed by atoms with van der Waals surface area (Å²) in [6.45, 7) is 2.41. The number of nitrogens with one attached hydrogen (secondary N) is 1. The number of hydrogen-bond donors (Lipinski definition) is 2. The molecule has 0 fully saturated rings. The number of nitrogen functional groups attached to an aromatic ring is 1. The summed E-state index contributed by atoms with van der Waals surface area (Å²) in [6.07, 6.45) is 3.18. The number of nitrogens with two attached hydrogens (primary N) is 1. The summed E-state index contributed by atoms with van der Waals surface area (Å²) in [5.41, 5.74) is 10.1. The predicted octanol–water partition coefficient (Wildman–Crippen LogP) is 3.53. The SMILES string of the molecule is Cc1ccc(CNC(=O)C(c2ccccc2)n2ncc3c2nc(N)n2nc(-c4ccco4)nc32)cc1. The van der Waals surface area contributed by atoms with E-state index in [0.717, 1.165) is 16.7 Å². The smallest absolute Gasteiger partial charge is 0.249 e. The number of benzene rings is 2. The minimum Gasteiger partial charge on any atom is -0.461 e. The van der Waals surface area contributed by atoms with E-state index in [-0.39, 0.29) is 11.9 Å². The van der Waals surface area contributed by atoms with Crippen LogP contribution in [0.25, 0.3) is 28.3 Å². The molecule has 0 aliphatic heterocycles. The first-order chi connectivity index (χ1) is 17.6. The summed E-state index contributed by atoms with van der Waals surface area (Å²) in [5, 5.41) is 12.6. The van der Waals surface area contributed by atoms with Crippen LogP contribution in [0.15, 0.2) is 83.6 Å². The Morgan fingerprint density at radius 3 is 2.58 bits per heavy atom. The van der Waals surface area contributed by atoms with E-state index in [9.17, 15) is 4.79 Å². The third-order valence-electron chi connectivity index (χ3n) is 5.99. The third-order valence-corrected chi connectivity index (χ3v) is 5.99. The van der Waals surface area contributed by atoms with E-state index in [2.05, 4.69) is 25.5 Å². The maximum atomic E-state index is 13.6. The van der Waals surface area contributed by atoms with E-state index in [1.165, 1.54) is 4.52 Å². The number of aryl methyl sites for hydroxylation is 1. The van der Waals surface area contributed by atoms with Gasteiger partial charge in [0.25, 0.3) is 0 Å². The van der Waals surface area contributed by atoms with Crippen molar-refractivity contribution in [2.45, 2.75) is 19.5 Å². The summed E-state index contributed by atoms with van der Waals surface area (Å²) in [6, 6.07) is 20.2. The van der Waals surface area contributed by atoms with E-state index in [0.29, 0.717) is 34.8 Å². The zero-order valence-corrected chi connectivity index (χ0v) is 19.4. The Morgan fingerprint density at radius 2 is 1.83 bits per heavy atom. The maximum absolute atomic E-state index is 13.6. The van der Waals surface area contributed by atoms with Gasteiger partial charge in [0.1, 0.15) is 0 Å². The molecule has 0 spiro atoms. The quantitative estimate of drug-likeness (QED) is 0.375. The molecule has 1 amide bonds. The van der Waals surface area contributed by atoms with Crippen LogP contribution in [-0.4, -0.2) is 35.3 Å². The zero-order valence-electron chi connectivity index (χ0n) is 19.4. The average molecular weight is 479 g/mol. The molecule has 1 atom stereocenters. The van der Waals surface area contributed by atoms with Crippen molar-refractivity contribution < 1.29 is 9.21 Å². The largest absolute Gasteiger partial charge is 0.461 e. The van der Waals surface area contributed by atoms with Gasteiger partial charge in [-0.1, -0.05) is 60.2 Å². The standard InChI is InChI=1S/C26H22N8O2/c1-16-9-11-17(12-10-16)14-28-25(35)21(18-6-3-2-4-7-18)33-24-19(15-29-33)23-30-22(20-8-5-13-36-20)32-34(23)26(27)31-24/h2-13,15,21H,14H2,1H3,(H2,27,31)(H,28,35). The topological polar surface area (TPSA) is 129 Å². The molecule has 0 saturated carbocycles. The fraction of sp³-hybridized carbons (Fsp3) is 0.115. The molecular weight excluding hydrogens is 456 g/mol. The number of anilines is 1. The van der Waals surface area contributed by atoms with Gasteiger partial charge in [-0.25, -0.2) is 9.67 Å². The van der Waals surface area contributed by atoms with Crippen molar-refractivity contribution in [1.29, 1.82) is 0 Å². The lowest BCUT2D eigenvalue weighted by Gasteiger charge is -2.18. The van der Waals surface area contributed by atoms with Crippen LogP contribution in [0.3, 0.4) is 0 Å². The number of aromatic nitrogens is 6. The lowest BCUT2D eigenvalue weighted by molar-refractivity contribution is -0.123. The van der Waals surface area contributed by atoms with Gasteiger partial charge in [0.2, 0.25) is 17.7 Å². The monoisotopic (exact) mass is 478 g/mol. The molecule has 0 aliphatic rings. The lowest BCUT2D eigenvalue weighted by atomic mass is 10.1. The first-order valence-electron chi connectivity index (χ1n) is 11.4. The maximum Gasteiger partial charge on any atom is 0.249 e. The van der Waals surface area contributed by atoms with Crippen LogP contribution in [0, 0.1) is 6.92 Å². The highest BCUT2D eigenvalue weighted by molar-refractivity contribution is 5.92. The van der Waals surface area contributed by atoms with Gasteiger partial charge in [0.15, 0.2) is 23.1 Å². The first kappa shape index (κ1) is 21.5. The molecule has 10 nitrogen and oxygen atoms in total. The van der Waals surface area contributed by atoms with E-state index < -0.39 is 6.04 Å². The average Bonchev–Trinajstić information content (AvgIpc) is 3.65. The number of nitrogens with zero attached hydrogens (tertiary/aromatic N) is 6. The van der Waals surface area contributed by atoms with Crippen molar-refractivity contribution in [3.8, 4) is 11.6 Å². The Labute approximate surface area is 205 Å². The molecule has 0 radical (unpaired) electrons. The Hall–Kier alpha value is -4.99. The summed E-state index contributed by atoms with van der Waals surface area (Å²) >= 11 is 0. The van der Waals surface area contributed by atoms with Crippen molar-refractivity contribution in [2.24, 2.45) is 0 Å². The molecule has 10 heteroatoms. The Bertz CT molecular complexity index is 1670. The molecule has 0 aliphatic carbocycles. The normalized spacial score (nSPS) is 12.2. The van der Waals surface area contributed by atoms with Crippen LogP contribution in [0.2, 0.25) is 0 Å². The zero-order chi connectivity index (χ0) is 24.6. The van der Waals surface area contributed by atoms with Crippen molar-refractivity contribution in [3.63, 3.8) is 0 Å². The molecular formula is C26H22N8O2. The predicted molar refractivity (Wildman–Crippen MR) is 134 cm³/mol. The molecule has 36 heavy (non-hydrogen) atoms. The van der Waals surface area contributed by atoms with Gasteiger partial charge in [-0.15, -0.1) is 5.10 Å². The number of carbonyl (C=O) groups is 1. The number of amides is 1. The molecule has 4 heterocycles. The Kier molecular flexibility index (Phi) is 5.18. The van der Waals surface area contributed by atoms with Crippen LogP contribution in [0.1, 0.15) is 22.7 Å². The van der Waals surface area contributed by atoms with E-state index in [1.807, 2.05) is 61.5 Å². The van der Waals surface area contributed by atoms with Crippen molar-refractivity contribution in [2.75, 3.05) is 5.73 Å². The van der Waals surface area contributed by atoms with Gasteiger partial charge in [0, 0.05) is 6.54 Å². The van der Waals surface area contributed by atoms with Gasteiger partial charge in [-0.2, -0.15) is 14.6 Å². The fourth-order valence-corrected chi connectivity index (χ4v) is 4.16. The molecule has 178 valence electrons. The Balaban J connectivity index is 1.43. The summed E-state index contributed by atoms with van der Waals surface area (Å²) in [4.78, 5) is 22.7. The second-order valence-electron chi connectivity index (χ2n) is 8.46. The van der Waals surface area contributed by atoms with Crippen molar-refractivity contribution in [1.82, 2.24) is 34.7 Å². The first-order valence-corrected chi connectivity index (χ1v) is 11.4. The fourth-order valence-electron chi connectivity index (χ4n) is 4.16. The Morgan fingerprint density at radius 1 is 1.03 bits per heavy atom. The molecule has 4 aromatic heterocycles. The summed E-state index contributed by atoms with van der Waals surface area (Å²) < 4.78 is 8.45. The summed E-state index contributed by atoms with van der Waals surface area (Å²) in [7, 11) is 0. The molecule has 2 aromatic carbocycles. The molecule has 0 bridgehead atoms. The number of fused-ring (bicyclic) bond motifs is 3. The van der Waals surface area contributed by atoms with E-state index in [1.54, 1.807) is 29.3 Å². The summed E-state index contributed by atoms with van der Waals surface area (Å²) in [5.74, 6) is 0.793. The van der Waals surface area contributed by atoms with Gasteiger partial charge in [-0.3, -0.25) is 4.79 Å². The molecule has 3 N–H and O–H groups in total. The van der Waals surface area contributed by atoms with E-state index in [4.69, 9.17) is 10.2 Å². The van der Waals surface area contributed by atoms with Gasteiger partial charge >= 0.3 is 0 Å². The van der Waals surface area contributed by atoms with Gasteiger partial charge in [-0.05, 0) is 30.2 Å². The number of hydrogen-bond acceptors (Lipinski definition) is 7. The highest BCUT2D eigenvalue weighted by Gasteiger charge is 2.27. The van der Waals surface area contributed by atoms with Crippen LogP contribution < -0.4 is 11.1 Å². The molecule has 6 rings (SSSR count). The van der Waals surface area contributed by atoms with Crippen LogP contribution >= 0.6 is 0 Å². The van der Waals surface area contributed by atoms with Gasteiger partial charge < -0.3 is 15.5 Å². The van der Waals surface area contributed by atoms with E-state index >= 15 is 0 Å². The van der Waals surface area contributed by atoms with Crippen LogP contribution in [0.5, 0.6) is 0 Å². The number of furan rings is 1. The number of carbonyl (C=O) groups excluding carboxylic acids is 1. The highest BCUT2D eigenvalue weighted by atomic mass is 16.3. The second kappa shape index (κ2) is 8.66. The molecule has 0 saturated heterocycles. The lowest BCUT2D eigenvalue weighted by Crippen LogP contribution is -2.33.